The molecular formula is C14H22BO4Y-. The number of hydrogen-bond donors (Lipinski definition) is 1. The summed E-state index contributed by atoms with van der Waals surface area (Å²) in [6.45, 7) is 10.3. The molecular weight excluding hydrogens is 332 g/mol. The Morgan fingerprint density at radius 3 is 2.10 bits per heavy atom. The van der Waals surface area contributed by atoms with Crippen molar-refractivity contribution in [1.29, 1.82) is 0 Å². The van der Waals surface area contributed by atoms with Gasteiger partial charge in [0, 0.05) is 32.7 Å². The molecule has 1 fully saturated rings. The van der Waals surface area contributed by atoms with Crippen LogP contribution in [-0.4, -0.2) is 30.2 Å². The molecule has 0 bridgehead atoms. The molecule has 0 aliphatic carbocycles. The van der Waals surface area contributed by atoms with Gasteiger partial charge in [-0.1, -0.05) is 0 Å². The van der Waals surface area contributed by atoms with Crippen LogP contribution in [0.4, 0.5) is 0 Å². The first-order valence-electron chi connectivity index (χ1n) is 6.42. The van der Waals surface area contributed by atoms with Crippen molar-refractivity contribution in [3.05, 3.63) is 30.3 Å². The second-order valence-corrected chi connectivity index (χ2v) is 5.34. The van der Waals surface area contributed by atoms with E-state index < -0.39 is 0 Å². The number of rotatable bonds is 2. The van der Waals surface area contributed by atoms with Crippen LogP contribution in [0.1, 0.15) is 34.6 Å². The van der Waals surface area contributed by atoms with Crippen LogP contribution in [0.2, 0.25) is 0 Å². The summed E-state index contributed by atoms with van der Waals surface area (Å²) in [5, 5.41) is 7.38. The van der Waals surface area contributed by atoms with Crippen molar-refractivity contribution in [2.24, 2.45) is 0 Å². The Hall–Kier alpha value is 0.229. The van der Waals surface area contributed by atoms with E-state index in [0.29, 0.717) is 6.61 Å². The SMILES string of the molecule is CC1(C)OB(c2c[c-]ccc2)OC1(C)C.CCOO.[Y]. The zero-order valence-electron chi connectivity index (χ0n) is 12.8. The summed E-state index contributed by atoms with van der Waals surface area (Å²) in [4.78, 5) is 3.54. The molecule has 1 aliphatic heterocycles. The molecule has 1 aromatic carbocycles. The van der Waals surface area contributed by atoms with Crippen molar-refractivity contribution < 1.29 is 52.2 Å². The Bertz CT molecular complexity index is 366. The first-order chi connectivity index (χ1) is 8.84. The Morgan fingerprint density at radius 1 is 1.25 bits per heavy atom. The Kier molecular flexibility index (Phi) is 8.72. The molecule has 4 nitrogen and oxygen atoms in total. The smallest absolute Gasteiger partial charge is 0.410 e. The second kappa shape index (κ2) is 8.62. The van der Waals surface area contributed by atoms with Crippen LogP contribution in [0.15, 0.2) is 24.3 Å². The fourth-order valence-electron chi connectivity index (χ4n) is 1.53. The van der Waals surface area contributed by atoms with E-state index in [9.17, 15) is 0 Å². The molecule has 0 aromatic heterocycles. The van der Waals surface area contributed by atoms with Gasteiger partial charge in [-0.2, -0.15) is 30.3 Å². The maximum Gasteiger partial charge on any atom is 0.418 e. The van der Waals surface area contributed by atoms with E-state index >= 15 is 0 Å². The fourth-order valence-corrected chi connectivity index (χ4v) is 1.53. The van der Waals surface area contributed by atoms with Gasteiger partial charge in [0.15, 0.2) is 0 Å². The van der Waals surface area contributed by atoms with Gasteiger partial charge in [-0.3, -0.25) is 5.26 Å². The van der Waals surface area contributed by atoms with Crippen LogP contribution in [0.25, 0.3) is 0 Å². The molecule has 1 aromatic rings. The van der Waals surface area contributed by atoms with Gasteiger partial charge in [-0.25, -0.2) is 4.89 Å². The predicted molar refractivity (Wildman–Crippen MR) is 75.2 cm³/mol. The van der Waals surface area contributed by atoms with Crippen LogP contribution in [0.3, 0.4) is 0 Å². The van der Waals surface area contributed by atoms with Crippen LogP contribution in [-0.2, 0) is 46.9 Å². The molecule has 0 saturated carbocycles. The molecule has 1 aliphatic rings. The van der Waals surface area contributed by atoms with Gasteiger partial charge in [-0.05, 0) is 34.6 Å². The average Bonchev–Trinajstić information content (AvgIpc) is 2.60. The minimum atomic E-state index is -0.271. The summed E-state index contributed by atoms with van der Waals surface area (Å²) in [7, 11) is -0.271. The standard InChI is InChI=1S/C12H16BO2.C2H6O2.Y/c1-11(2)12(3,4)15-13(14-11)10-8-6-5-7-9-10;1-2-4-3;/h5-6,8-9H,1-4H3;3H,2H2,1H3;/q-1;;. The van der Waals surface area contributed by atoms with Crippen molar-refractivity contribution in [3.8, 4) is 0 Å². The summed E-state index contributed by atoms with van der Waals surface area (Å²) in [6.07, 6.45) is 0. The van der Waals surface area contributed by atoms with E-state index in [1.807, 2.05) is 24.3 Å². The normalized spacial score (nSPS) is 18.8. The van der Waals surface area contributed by atoms with Gasteiger partial charge in [0.25, 0.3) is 0 Å². The summed E-state index contributed by atoms with van der Waals surface area (Å²) in [5.41, 5.74) is 0.484. The summed E-state index contributed by atoms with van der Waals surface area (Å²) in [5.74, 6) is 0. The molecule has 20 heavy (non-hydrogen) atoms. The molecule has 1 saturated heterocycles. The van der Waals surface area contributed by atoms with E-state index in [0.717, 1.165) is 5.46 Å². The van der Waals surface area contributed by atoms with E-state index in [1.54, 1.807) is 6.92 Å². The summed E-state index contributed by atoms with van der Waals surface area (Å²) >= 11 is 0. The minimum absolute atomic E-state index is 0. The van der Waals surface area contributed by atoms with Crippen LogP contribution >= 0.6 is 0 Å². The van der Waals surface area contributed by atoms with Crippen molar-refractivity contribution in [2.45, 2.75) is 45.8 Å². The predicted octanol–water partition coefficient (Wildman–Crippen LogP) is 2.28. The van der Waals surface area contributed by atoms with Gasteiger partial charge >= 0.3 is 7.12 Å². The first-order valence-corrected chi connectivity index (χ1v) is 6.42. The average molecular weight is 354 g/mol. The third-order valence-electron chi connectivity index (χ3n) is 3.39. The minimum Gasteiger partial charge on any atom is -0.410 e. The van der Waals surface area contributed by atoms with Crippen molar-refractivity contribution in [2.75, 3.05) is 6.61 Å². The van der Waals surface area contributed by atoms with Gasteiger partial charge in [0.05, 0.1) is 17.8 Å². The third kappa shape index (κ3) is 5.21. The molecule has 2 rings (SSSR count). The molecule has 1 radical (unpaired) electrons. The van der Waals surface area contributed by atoms with Gasteiger partial charge < -0.3 is 9.31 Å². The van der Waals surface area contributed by atoms with Crippen molar-refractivity contribution in [1.82, 2.24) is 0 Å². The zero-order valence-corrected chi connectivity index (χ0v) is 15.7. The molecule has 0 spiro atoms. The monoisotopic (exact) mass is 354 g/mol. The van der Waals surface area contributed by atoms with Gasteiger partial charge in [-0.15, -0.1) is 5.46 Å². The molecule has 109 valence electrons. The Labute approximate surface area is 147 Å². The maximum atomic E-state index is 7.38. The fraction of sp³-hybridized carbons (Fsp3) is 0.571. The third-order valence-corrected chi connectivity index (χ3v) is 3.39. The van der Waals surface area contributed by atoms with E-state index in [-0.39, 0.29) is 51.0 Å². The zero-order chi connectivity index (χ0) is 14.5. The first kappa shape index (κ1) is 20.2. The Balaban J connectivity index is 0.000000644. The Morgan fingerprint density at radius 2 is 1.75 bits per heavy atom. The molecule has 0 amide bonds. The van der Waals surface area contributed by atoms with Crippen molar-refractivity contribution >= 4 is 12.6 Å². The maximum absolute atomic E-state index is 7.38. The molecule has 1 N–H and O–H groups in total. The molecule has 1 heterocycles. The topological polar surface area (TPSA) is 47.9 Å². The quantitative estimate of drug-likeness (QED) is 0.383. The molecule has 0 atom stereocenters. The van der Waals surface area contributed by atoms with Gasteiger partial charge in [0.1, 0.15) is 0 Å². The van der Waals surface area contributed by atoms with Gasteiger partial charge in [0.2, 0.25) is 0 Å². The summed E-state index contributed by atoms with van der Waals surface area (Å²) in [6, 6.07) is 10.8. The van der Waals surface area contributed by atoms with Crippen LogP contribution in [0.5, 0.6) is 0 Å². The number of hydrogen-bond acceptors (Lipinski definition) is 4. The van der Waals surface area contributed by atoms with Crippen LogP contribution < -0.4 is 5.46 Å². The molecule has 0 unspecified atom stereocenters. The van der Waals surface area contributed by atoms with E-state index in [1.165, 1.54) is 0 Å². The van der Waals surface area contributed by atoms with E-state index in [2.05, 4.69) is 38.6 Å². The molecule has 6 heteroatoms. The largest absolute Gasteiger partial charge is 0.418 e. The van der Waals surface area contributed by atoms with Crippen LogP contribution in [0, 0.1) is 6.07 Å². The van der Waals surface area contributed by atoms with E-state index in [4.69, 9.17) is 14.6 Å². The summed E-state index contributed by atoms with van der Waals surface area (Å²) < 4.78 is 11.8. The number of benzene rings is 1. The second-order valence-electron chi connectivity index (χ2n) is 5.34. The van der Waals surface area contributed by atoms with Crippen molar-refractivity contribution in [3.63, 3.8) is 0 Å².